The lowest BCUT2D eigenvalue weighted by atomic mass is 10.3. The normalized spacial score (nSPS) is 10.6. The van der Waals surface area contributed by atoms with Crippen LogP contribution in [-0.2, 0) is 9.59 Å². The topological polar surface area (TPSA) is 76.0 Å². The molecule has 2 N–H and O–H groups in total. The highest BCUT2D eigenvalue weighted by molar-refractivity contribution is 9.10. The van der Waals surface area contributed by atoms with Gasteiger partial charge in [-0.25, -0.2) is 13.8 Å². The lowest BCUT2D eigenvalue weighted by Crippen LogP contribution is -2.34. The molecule has 1 aromatic heterocycles. The highest BCUT2D eigenvalue weighted by Crippen LogP contribution is 2.21. The number of nitrogens with one attached hydrogen (secondary N) is 2. The molecule has 0 aliphatic heterocycles. The molecule has 3 rings (SSSR count). The standard InChI is InChI=1S/C19H15BrF2N4O2S/c20-12-1-4-14(5-2-12)26-8-7-23-19(26)29-11-18(28)24-10-17(27)25-13-3-6-15(21)16(22)9-13/h1-9H,10-11H2,(H,24,28)(H,25,27). The van der Waals surface area contributed by atoms with Crippen LogP contribution < -0.4 is 10.6 Å². The zero-order valence-electron chi connectivity index (χ0n) is 14.9. The Morgan fingerprint density at radius 2 is 1.83 bits per heavy atom. The van der Waals surface area contributed by atoms with Crippen molar-refractivity contribution in [1.29, 1.82) is 0 Å². The van der Waals surface area contributed by atoms with Crippen LogP contribution in [0.5, 0.6) is 0 Å². The van der Waals surface area contributed by atoms with E-state index in [2.05, 4.69) is 31.5 Å². The number of carbonyl (C=O) groups excluding carboxylic acids is 2. The molecule has 150 valence electrons. The second-order valence-electron chi connectivity index (χ2n) is 5.80. The van der Waals surface area contributed by atoms with Crippen molar-refractivity contribution >= 4 is 45.2 Å². The smallest absolute Gasteiger partial charge is 0.243 e. The number of imidazole rings is 1. The second kappa shape index (κ2) is 9.66. The van der Waals surface area contributed by atoms with Gasteiger partial charge in [0, 0.05) is 34.3 Å². The molecule has 0 aliphatic carbocycles. The monoisotopic (exact) mass is 480 g/mol. The summed E-state index contributed by atoms with van der Waals surface area (Å²) in [6.07, 6.45) is 3.43. The number of nitrogens with zero attached hydrogens (tertiary/aromatic N) is 2. The van der Waals surface area contributed by atoms with Gasteiger partial charge in [-0.05, 0) is 36.4 Å². The Kier molecular flexibility index (Phi) is 6.99. The van der Waals surface area contributed by atoms with Gasteiger partial charge in [0.2, 0.25) is 11.8 Å². The van der Waals surface area contributed by atoms with Crippen LogP contribution >= 0.6 is 27.7 Å². The van der Waals surface area contributed by atoms with E-state index in [0.717, 1.165) is 22.3 Å². The summed E-state index contributed by atoms with van der Waals surface area (Å²) in [5, 5.41) is 5.49. The quantitative estimate of drug-likeness (QED) is 0.504. The van der Waals surface area contributed by atoms with Crippen LogP contribution in [0.3, 0.4) is 0 Å². The summed E-state index contributed by atoms with van der Waals surface area (Å²) >= 11 is 4.61. The van der Waals surface area contributed by atoms with E-state index in [4.69, 9.17) is 0 Å². The number of rotatable bonds is 7. The molecule has 0 atom stereocenters. The third kappa shape index (κ3) is 5.88. The molecule has 0 saturated carbocycles. The van der Waals surface area contributed by atoms with E-state index >= 15 is 0 Å². The molecule has 10 heteroatoms. The average Bonchev–Trinajstić information content (AvgIpc) is 3.17. The van der Waals surface area contributed by atoms with Crippen LogP contribution in [0.25, 0.3) is 5.69 Å². The highest BCUT2D eigenvalue weighted by atomic mass is 79.9. The van der Waals surface area contributed by atoms with E-state index in [0.29, 0.717) is 5.16 Å². The lowest BCUT2D eigenvalue weighted by Gasteiger charge is -2.09. The summed E-state index contributed by atoms with van der Waals surface area (Å²) in [5.74, 6) is -2.92. The maximum Gasteiger partial charge on any atom is 0.243 e. The third-order valence-electron chi connectivity index (χ3n) is 3.69. The molecule has 0 aliphatic rings. The average molecular weight is 481 g/mol. The Bertz CT molecular complexity index is 1030. The van der Waals surface area contributed by atoms with Gasteiger partial charge in [0.05, 0.1) is 12.3 Å². The van der Waals surface area contributed by atoms with Crippen LogP contribution in [0.2, 0.25) is 0 Å². The first-order chi connectivity index (χ1) is 13.9. The van der Waals surface area contributed by atoms with Crippen molar-refractivity contribution < 1.29 is 18.4 Å². The molecule has 1 heterocycles. The Balaban J connectivity index is 1.48. The predicted molar refractivity (Wildman–Crippen MR) is 110 cm³/mol. The first kappa shape index (κ1) is 21.0. The fraction of sp³-hybridized carbons (Fsp3) is 0.105. The summed E-state index contributed by atoms with van der Waals surface area (Å²) in [6.45, 7) is -0.292. The summed E-state index contributed by atoms with van der Waals surface area (Å²) in [5.41, 5.74) is 1.01. The molecule has 0 fully saturated rings. The molecular formula is C19H15BrF2N4O2S. The van der Waals surface area contributed by atoms with E-state index in [1.54, 1.807) is 12.4 Å². The Morgan fingerprint density at radius 3 is 2.55 bits per heavy atom. The minimum Gasteiger partial charge on any atom is -0.346 e. The molecule has 0 unspecified atom stereocenters. The SMILES string of the molecule is O=C(CSc1nccn1-c1ccc(Br)cc1)NCC(=O)Nc1ccc(F)c(F)c1. The number of hydrogen-bond donors (Lipinski definition) is 2. The van der Waals surface area contributed by atoms with Gasteiger partial charge in [-0.1, -0.05) is 27.7 Å². The Hall–Kier alpha value is -2.72. The van der Waals surface area contributed by atoms with Gasteiger partial charge in [0.15, 0.2) is 16.8 Å². The molecule has 6 nitrogen and oxygen atoms in total. The number of benzene rings is 2. The zero-order valence-corrected chi connectivity index (χ0v) is 17.3. The molecule has 0 saturated heterocycles. The van der Waals surface area contributed by atoms with E-state index in [1.807, 2.05) is 28.8 Å². The molecule has 2 aromatic carbocycles. The van der Waals surface area contributed by atoms with Crippen molar-refractivity contribution in [2.24, 2.45) is 0 Å². The molecule has 0 radical (unpaired) electrons. The molecular weight excluding hydrogens is 466 g/mol. The van der Waals surface area contributed by atoms with Crippen LogP contribution in [-0.4, -0.2) is 33.7 Å². The van der Waals surface area contributed by atoms with Crippen LogP contribution in [0.15, 0.2) is 64.5 Å². The first-order valence-electron chi connectivity index (χ1n) is 8.36. The first-order valence-corrected chi connectivity index (χ1v) is 10.1. The van der Waals surface area contributed by atoms with Crippen molar-refractivity contribution in [3.63, 3.8) is 0 Å². The number of anilines is 1. The largest absolute Gasteiger partial charge is 0.346 e. The maximum absolute atomic E-state index is 13.1. The highest BCUT2D eigenvalue weighted by Gasteiger charge is 2.11. The lowest BCUT2D eigenvalue weighted by molar-refractivity contribution is -0.122. The maximum atomic E-state index is 13.1. The minimum absolute atomic E-state index is 0.0615. The summed E-state index contributed by atoms with van der Waals surface area (Å²) in [6, 6.07) is 10.7. The number of amides is 2. The van der Waals surface area contributed by atoms with E-state index in [1.165, 1.54) is 17.8 Å². The Morgan fingerprint density at radius 1 is 1.07 bits per heavy atom. The number of halogens is 3. The summed E-state index contributed by atoms with van der Waals surface area (Å²) in [7, 11) is 0. The fourth-order valence-electron chi connectivity index (χ4n) is 2.33. The second-order valence-corrected chi connectivity index (χ2v) is 7.66. The van der Waals surface area contributed by atoms with Crippen LogP contribution in [0, 0.1) is 11.6 Å². The molecule has 3 aromatic rings. The number of thioether (sulfide) groups is 1. The van der Waals surface area contributed by atoms with Crippen molar-refractivity contribution in [3.8, 4) is 5.69 Å². The van der Waals surface area contributed by atoms with Gasteiger partial charge in [-0.15, -0.1) is 0 Å². The van der Waals surface area contributed by atoms with Gasteiger partial charge < -0.3 is 10.6 Å². The van der Waals surface area contributed by atoms with Crippen molar-refractivity contribution in [3.05, 3.63) is 71.0 Å². The van der Waals surface area contributed by atoms with E-state index < -0.39 is 17.5 Å². The number of aromatic nitrogens is 2. The minimum atomic E-state index is -1.07. The van der Waals surface area contributed by atoms with Gasteiger partial charge in [-0.2, -0.15) is 0 Å². The van der Waals surface area contributed by atoms with Crippen LogP contribution in [0.4, 0.5) is 14.5 Å². The van der Waals surface area contributed by atoms with Crippen molar-refractivity contribution in [2.75, 3.05) is 17.6 Å². The Labute approximate surface area is 177 Å². The van der Waals surface area contributed by atoms with Gasteiger partial charge in [-0.3, -0.25) is 14.2 Å². The van der Waals surface area contributed by atoms with Crippen molar-refractivity contribution in [1.82, 2.24) is 14.9 Å². The zero-order chi connectivity index (χ0) is 20.8. The molecule has 2 amide bonds. The van der Waals surface area contributed by atoms with Gasteiger partial charge in [0.25, 0.3) is 0 Å². The molecule has 29 heavy (non-hydrogen) atoms. The van der Waals surface area contributed by atoms with E-state index in [-0.39, 0.29) is 23.9 Å². The number of hydrogen-bond acceptors (Lipinski definition) is 4. The third-order valence-corrected chi connectivity index (χ3v) is 5.19. The molecule has 0 bridgehead atoms. The van der Waals surface area contributed by atoms with Crippen molar-refractivity contribution in [2.45, 2.75) is 5.16 Å². The summed E-state index contributed by atoms with van der Waals surface area (Å²) < 4.78 is 28.8. The fourth-order valence-corrected chi connectivity index (χ4v) is 3.40. The molecule has 0 spiro atoms. The summed E-state index contributed by atoms with van der Waals surface area (Å²) in [4.78, 5) is 28.1. The van der Waals surface area contributed by atoms with Gasteiger partial charge >= 0.3 is 0 Å². The van der Waals surface area contributed by atoms with Gasteiger partial charge in [0.1, 0.15) is 0 Å². The number of carbonyl (C=O) groups is 2. The van der Waals surface area contributed by atoms with Crippen LogP contribution in [0.1, 0.15) is 0 Å². The van der Waals surface area contributed by atoms with E-state index in [9.17, 15) is 18.4 Å². The predicted octanol–water partition coefficient (Wildman–Crippen LogP) is 3.76.